The molecule has 0 aromatic heterocycles. The molecule has 1 aromatic carbocycles. The summed E-state index contributed by atoms with van der Waals surface area (Å²) in [5.74, 6) is 0.386. The number of aliphatic imine (C=N–C) groups is 1. The van der Waals surface area contributed by atoms with Crippen molar-refractivity contribution in [2.45, 2.75) is 39.7 Å². The van der Waals surface area contributed by atoms with E-state index in [1.165, 1.54) is 6.07 Å². The van der Waals surface area contributed by atoms with Crippen LogP contribution in [0.25, 0.3) is 0 Å². The molecule has 1 atom stereocenters. The predicted octanol–water partition coefficient (Wildman–Crippen LogP) is 2.89. The first-order chi connectivity index (χ1) is 11.0. The lowest BCUT2D eigenvalue weighted by molar-refractivity contribution is -0.120. The van der Waals surface area contributed by atoms with Gasteiger partial charge >= 0.3 is 0 Å². The smallest absolute Gasteiger partial charge is 0.221 e. The summed E-state index contributed by atoms with van der Waals surface area (Å²) in [6.45, 7) is 6.87. The highest BCUT2D eigenvalue weighted by Gasteiger charge is 2.10. The number of hydrogen-bond donors (Lipinski definition) is 3. The second-order valence-corrected chi connectivity index (χ2v) is 5.47. The van der Waals surface area contributed by atoms with Crippen molar-refractivity contribution < 1.29 is 9.18 Å². The van der Waals surface area contributed by atoms with Gasteiger partial charge < -0.3 is 16.0 Å². The molecule has 0 aliphatic heterocycles. The molecule has 0 spiro atoms. The number of hydrogen-bond acceptors (Lipinski definition) is 2. The zero-order chi connectivity index (χ0) is 17.2. The van der Waals surface area contributed by atoms with Gasteiger partial charge in [-0.15, -0.1) is 24.0 Å². The van der Waals surface area contributed by atoms with Crippen molar-refractivity contribution >= 4 is 35.8 Å². The van der Waals surface area contributed by atoms with Crippen LogP contribution in [-0.2, 0) is 4.79 Å². The maximum absolute atomic E-state index is 13.6. The van der Waals surface area contributed by atoms with Crippen LogP contribution in [0.2, 0.25) is 0 Å². The van der Waals surface area contributed by atoms with Crippen LogP contribution in [-0.4, -0.2) is 32.0 Å². The number of halogens is 2. The maximum Gasteiger partial charge on any atom is 0.221 e. The van der Waals surface area contributed by atoms with E-state index in [4.69, 9.17) is 0 Å². The number of nitrogens with one attached hydrogen (secondary N) is 3. The zero-order valence-electron chi connectivity index (χ0n) is 14.8. The molecule has 7 heteroatoms. The van der Waals surface area contributed by atoms with Gasteiger partial charge in [0.1, 0.15) is 5.82 Å². The minimum atomic E-state index is -0.216. The molecule has 0 fully saturated rings. The molecule has 0 radical (unpaired) electrons. The van der Waals surface area contributed by atoms with Crippen molar-refractivity contribution in [1.29, 1.82) is 0 Å². The van der Waals surface area contributed by atoms with Gasteiger partial charge in [-0.1, -0.05) is 19.1 Å². The van der Waals surface area contributed by atoms with Crippen molar-refractivity contribution in [2.24, 2.45) is 4.99 Å². The van der Waals surface area contributed by atoms with Gasteiger partial charge in [0.05, 0.1) is 6.04 Å². The van der Waals surface area contributed by atoms with Crippen LogP contribution in [0.1, 0.15) is 43.9 Å². The molecular formula is C17H28FIN4O. The van der Waals surface area contributed by atoms with Crippen molar-refractivity contribution in [1.82, 2.24) is 16.0 Å². The summed E-state index contributed by atoms with van der Waals surface area (Å²) < 4.78 is 13.6. The quantitative estimate of drug-likeness (QED) is 0.340. The Morgan fingerprint density at radius 2 is 2.00 bits per heavy atom. The first-order valence-electron chi connectivity index (χ1n) is 7.97. The molecule has 0 saturated carbocycles. The van der Waals surface area contributed by atoms with Crippen molar-refractivity contribution in [3.05, 3.63) is 35.1 Å². The third kappa shape index (κ3) is 7.94. The number of carbonyl (C=O) groups is 1. The average molecular weight is 450 g/mol. The van der Waals surface area contributed by atoms with Gasteiger partial charge in [-0.3, -0.25) is 9.79 Å². The Hall–Kier alpha value is -1.38. The van der Waals surface area contributed by atoms with E-state index in [-0.39, 0.29) is 41.7 Å². The largest absolute Gasteiger partial charge is 0.356 e. The summed E-state index contributed by atoms with van der Waals surface area (Å²) in [6, 6.07) is 5.09. The topological polar surface area (TPSA) is 65.5 Å². The second kappa shape index (κ2) is 12.0. The van der Waals surface area contributed by atoms with Gasteiger partial charge in [0.15, 0.2) is 5.96 Å². The van der Waals surface area contributed by atoms with Gasteiger partial charge in [0.2, 0.25) is 5.91 Å². The van der Waals surface area contributed by atoms with Crippen LogP contribution < -0.4 is 16.0 Å². The summed E-state index contributed by atoms with van der Waals surface area (Å²) in [5, 5.41) is 9.10. The molecule has 3 N–H and O–H groups in total. The van der Waals surface area contributed by atoms with Crippen molar-refractivity contribution in [3.8, 4) is 0 Å². The Balaban J connectivity index is 0.00000529. The molecule has 5 nitrogen and oxygen atoms in total. The third-order valence-electron chi connectivity index (χ3n) is 3.49. The van der Waals surface area contributed by atoms with Crippen molar-refractivity contribution in [3.63, 3.8) is 0 Å². The summed E-state index contributed by atoms with van der Waals surface area (Å²) >= 11 is 0. The molecule has 24 heavy (non-hydrogen) atoms. The summed E-state index contributed by atoms with van der Waals surface area (Å²) in [4.78, 5) is 15.7. The first-order valence-corrected chi connectivity index (χ1v) is 7.97. The molecule has 0 bridgehead atoms. The average Bonchev–Trinajstić information content (AvgIpc) is 2.54. The Morgan fingerprint density at radius 1 is 1.29 bits per heavy atom. The van der Waals surface area contributed by atoms with E-state index in [2.05, 4.69) is 20.9 Å². The number of benzene rings is 1. The fourth-order valence-electron chi connectivity index (χ4n) is 2.01. The lowest BCUT2D eigenvalue weighted by atomic mass is 10.1. The molecule has 1 aromatic rings. The van der Waals surface area contributed by atoms with Gasteiger partial charge in [-0.05, 0) is 37.5 Å². The Labute approximate surface area is 160 Å². The third-order valence-corrected chi connectivity index (χ3v) is 3.49. The van der Waals surface area contributed by atoms with E-state index < -0.39 is 0 Å². The van der Waals surface area contributed by atoms with Crippen LogP contribution in [0.3, 0.4) is 0 Å². The number of nitrogens with zero attached hydrogens (tertiary/aromatic N) is 1. The summed E-state index contributed by atoms with van der Waals surface area (Å²) in [7, 11) is 1.66. The van der Waals surface area contributed by atoms with E-state index in [1.807, 2.05) is 19.9 Å². The molecule has 1 unspecified atom stereocenters. The minimum Gasteiger partial charge on any atom is -0.356 e. The molecule has 1 rings (SSSR count). The lowest BCUT2D eigenvalue weighted by Crippen LogP contribution is -2.40. The molecular weight excluding hydrogens is 422 g/mol. The highest BCUT2D eigenvalue weighted by Crippen LogP contribution is 2.16. The van der Waals surface area contributed by atoms with Gasteiger partial charge in [0.25, 0.3) is 0 Å². The molecule has 136 valence electrons. The van der Waals surface area contributed by atoms with Crippen LogP contribution in [0.15, 0.2) is 23.2 Å². The van der Waals surface area contributed by atoms with E-state index in [0.29, 0.717) is 31.0 Å². The Morgan fingerprint density at radius 3 is 2.58 bits per heavy atom. The Bertz CT molecular complexity index is 551. The fourth-order valence-corrected chi connectivity index (χ4v) is 2.01. The SMILES string of the molecule is CCCNC(=O)CCNC(=NC)NC(C)c1ccc(C)c(F)c1.I. The molecule has 1 amide bonds. The number of amides is 1. The standard InChI is InChI=1S/C17H27FN4O.HI/c1-5-9-20-16(23)8-10-21-17(19-4)22-13(3)14-7-6-12(2)15(18)11-14;/h6-7,11,13H,5,8-10H2,1-4H3,(H,20,23)(H2,19,21,22);1H. The normalized spacial score (nSPS) is 12.1. The summed E-state index contributed by atoms with van der Waals surface area (Å²) in [5.41, 5.74) is 1.47. The van der Waals surface area contributed by atoms with Crippen LogP contribution in [0.4, 0.5) is 4.39 Å². The van der Waals surface area contributed by atoms with Crippen LogP contribution in [0, 0.1) is 12.7 Å². The molecule has 0 aliphatic rings. The van der Waals surface area contributed by atoms with Gasteiger partial charge in [0, 0.05) is 26.6 Å². The Kier molecular flexibility index (Phi) is 11.4. The zero-order valence-corrected chi connectivity index (χ0v) is 17.1. The number of rotatable bonds is 7. The van der Waals surface area contributed by atoms with E-state index in [0.717, 1.165) is 12.0 Å². The first kappa shape index (κ1) is 22.6. The van der Waals surface area contributed by atoms with Crippen LogP contribution >= 0.6 is 24.0 Å². The van der Waals surface area contributed by atoms with E-state index >= 15 is 0 Å². The van der Waals surface area contributed by atoms with E-state index in [1.54, 1.807) is 20.0 Å². The van der Waals surface area contributed by atoms with E-state index in [9.17, 15) is 9.18 Å². The predicted molar refractivity (Wildman–Crippen MR) is 107 cm³/mol. The number of aryl methyl sites for hydroxylation is 1. The molecule has 0 aliphatic carbocycles. The van der Waals surface area contributed by atoms with Crippen LogP contribution in [0.5, 0.6) is 0 Å². The van der Waals surface area contributed by atoms with Gasteiger partial charge in [-0.25, -0.2) is 4.39 Å². The summed E-state index contributed by atoms with van der Waals surface area (Å²) in [6.07, 6.45) is 1.31. The maximum atomic E-state index is 13.6. The second-order valence-electron chi connectivity index (χ2n) is 5.47. The van der Waals surface area contributed by atoms with Gasteiger partial charge in [-0.2, -0.15) is 0 Å². The lowest BCUT2D eigenvalue weighted by Gasteiger charge is -2.18. The molecule has 0 saturated heterocycles. The number of carbonyl (C=O) groups excluding carboxylic acids is 1. The minimum absolute atomic E-state index is 0. The monoisotopic (exact) mass is 450 g/mol. The molecule has 0 heterocycles. The highest BCUT2D eigenvalue weighted by atomic mass is 127. The number of guanidine groups is 1. The van der Waals surface area contributed by atoms with Crippen molar-refractivity contribution in [2.75, 3.05) is 20.1 Å². The highest BCUT2D eigenvalue weighted by molar-refractivity contribution is 14.0. The fraction of sp³-hybridized carbons (Fsp3) is 0.529.